The zero-order valence-electron chi connectivity index (χ0n) is 18.0. The Morgan fingerprint density at radius 3 is 2.38 bits per heavy atom. The lowest BCUT2D eigenvalue weighted by Gasteiger charge is -2.31. The normalized spacial score (nSPS) is 15.4. The van der Waals surface area contributed by atoms with Crippen molar-refractivity contribution in [3.05, 3.63) is 77.6 Å². The summed E-state index contributed by atoms with van der Waals surface area (Å²) in [7, 11) is 1.28. The number of esters is 1. The van der Waals surface area contributed by atoms with Gasteiger partial charge in [-0.1, -0.05) is 42.5 Å². The highest BCUT2D eigenvalue weighted by Crippen LogP contribution is 2.22. The Balaban J connectivity index is 1.56. The van der Waals surface area contributed by atoms with Crippen molar-refractivity contribution in [2.75, 3.05) is 20.2 Å². The first kappa shape index (κ1) is 23.2. The summed E-state index contributed by atoms with van der Waals surface area (Å²) in [6, 6.07) is 14.6. The van der Waals surface area contributed by atoms with Crippen LogP contribution in [0.2, 0.25) is 0 Å². The van der Waals surface area contributed by atoms with Gasteiger partial charge >= 0.3 is 5.97 Å². The molecule has 1 heterocycles. The zero-order chi connectivity index (χ0) is 22.9. The molecule has 1 unspecified atom stereocenters. The SMILES string of the molecule is COC(=O)CC(NC(=O)C1CCN(C(=O)/C=C/c2ccccc2)CC1)c1ccc(F)cc1. The fourth-order valence-corrected chi connectivity index (χ4v) is 3.69. The Labute approximate surface area is 187 Å². The van der Waals surface area contributed by atoms with Gasteiger partial charge in [0.15, 0.2) is 0 Å². The number of carbonyl (C=O) groups is 3. The Morgan fingerprint density at radius 1 is 1.09 bits per heavy atom. The largest absolute Gasteiger partial charge is 0.469 e. The summed E-state index contributed by atoms with van der Waals surface area (Å²) in [6.07, 6.45) is 4.35. The van der Waals surface area contributed by atoms with Gasteiger partial charge in [-0.15, -0.1) is 0 Å². The number of likely N-dealkylation sites (tertiary alicyclic amines) is 1. The molecule has 3 rings (SSSR count). The van der Waals surface area contributed by atoms with Crippen LogP contribution in [-0.2, 0) is 19.1 Å². The van der Waals surface area contributed by atoms with Gasteiger partial charge in [0.1, 0.15) is 5.82 Å². The molecule has 2 amide bonds. The number of ether oxygens (including phenoxy) is 1. The number of nitrogens with zero attached hydrogens (tertiary/aromatic N) is 1. The van der Waals surface area contributed by atoms with E-state index >= 15 is 0 Å². The summed E-state index contributed by atoms with van der Waals surface area (Å²) in [5, 5.41) is 2.90. The predicted molar refractivity (Wildman–Crippen MR) is 119 cm³/mol. The molecule has 6 nitrogen and oxygen atoms in total. The molecule has 2 aromatic carbocycles. The third-order valence-electron chi connectivity index (χ3n) is 5.58. The van der Waals surface area contributed by atoms with E-state index in [0.717, 1.165) is 5.56 Å². The Morgan fingerprint density at radius 2 is 1.75 bits per heavy atom. The second kappa shape index (κ2) is 11.2. The third-order valence-corrected chi connectivity index (χ3v) is 5.58. The molecule has 32 heavy (non-hydrogen) atoms. The van der Waals surface area contributed by atoms with Crippen molar-refractivity contribution < 1.29 is 23.5 Å². The summed E-state index contributed by atoms with van der Waals surface area (Å²) in [5.74, 6) is -1.39. The van der Waals surface area contributed by atoms with E-state index in [4.69, 9.17) is 4.74 Å². The van der Waals surface area contributed by atoms with Crippen LogP contribution in [0.3, 0.4) is 0 Å². The predicted octanol–water partition coefficient (Wildman–Crippen LogP) is 3.50. The third kappa shape index (κ3) is 6.51. The van der Waals surface area contributed by atoms with Crippen molar-refractivity contribution in [3.8, 4) is 0 Å². The second-order valence-electron chi connectivity index (χ2n) is 7.74. The molecule has 0 spiro atoms. The van der Waals surface area contributed by atoms with E-state index in [2.05, 4.69) is 5.32 Å². The van der Waals surface area contributed by atoms with E-state index in [1.54, 1.807) is 29.2 Å². The van der Waals surface area contributed by atoms with E-state index in [-0.39, 0.29) is 24.2 Å². The molecule has 2 aromatic rings. The Kier molecular flexibility index (Phi) is 8.14. The number of amides is 2. The number of hydrogen-bond donors (Lipinski definition) is 1. The average Bonchev–Trinajstić information content (AvgIpc) is 2.83. The van der Waals surface area contributed by atoms with E-state index in [1.165, 1.54) is 19.2 Å². The summed E-state index contributed by atoms with van der Waals surface area (Å²) in [6.45, 7) is 0.961. The average molecular weight is 438 g/mol. The minimum atomic E-state index is -0.607. The number of halogens is 1. The van der Waals surface area contributed by atoms with E-state index in [9.17, 15) is 18.8 Å². The topological polar surface area (TPSA) is 75.7 Å². The van der Waals surface area contributed by atoms with Gasteiger partial charge in [-0.05, 0) is 42.2 Å². The monoisotopic (exact) mass is 438 g/mol. The van der Waals surface area contributed by atoms with Crippen LogP contribution in [0.5, 0.6) is 0 Å². The van der Waals surface area contributed by atoms with Gasteiger partial charge in [0, 0.05) is 25.1 Å². The van der Waals surface area contributed by atoms with Crippen LogP contribution < -0.4 is 5.32 Å². The lowest BCUT2D eigenvalue weighted by molar-refractivity contribution is -0.141. The summed E-state index contributed by atoms with van der Waals surface area (Å²) < 4.78 is 18.0. The maximum absolute atomic E-state index is 13.3. The molecule has 1 N–H and O–H groups in total. The minimum absolute atomic E-state index is 0.0461. The van der Waals surface area contributed by atoms with Crippen molar-refractivity contribution in [3.63, 3.8) is 0 Å². The first-order valence-electron chi connectivity index (χ1n) is 10.6. The number of piperidine rings is 1. The first-order chi connectivity index (χ1) is 15.5. The number of nitrogens with one attached hydrogen (secondary N) is 1. The second-order valence-corrected chi connectivity index (χ2v) is 7.74. The van der Waals surface area contributed by atoms with Gasteiger partial charge < -0.3 is 15.0 Å². The van der Waals surface area contributed by atoms with Crippen LogP contribution in [0.15, 0.2) is 60.7 Å². The molecule has 1 atom stereocenters. The van der Waals surface area contributed by atoms with Crippen molar-refractivity contribution in [2.45, 2.75) is 25.3 Å². The van der Waals surface area contributed by atoms with Crippen LogP contribution in [-0.4, -0.2) is 42.9 Å². The molecule has 1 aliphatic rings. The molecule has 1 aliphatic heterocycles. The molecule has 1 saturated heterocycles. The van der Waals surface area contributed by atoms with Crippen LogP contribution in [0.4, 0.5) is 4.39 Å². The molecular formula is C25H27FN2O4. The molecule has 0 saturated carbocycles. The first-order valence-corrected chi connectivity index (χ1v) is 10.6. The molecule has 0 bridgehead atoms. The van der Waals surface area contributed by atoms with E-state index in [1.807, 2.05) is 30.3 Å². The molecule has 0 radical (unpaired) electrons. The van der Waals surface area contributed by atoms with Crippen LogP contribution in [0.1, 0.15) is 36.4 Å². The van der Waals surface area contributed by atoms with Crippen molar-refractivity contribution in [2.24, 2.45) is 5.92 Å². The van der Waals surface area contributed by atoms with Crippen molar-refractivity contribution >= 4 is 23.9 Å². The van der Waals surface area contributed by atoms with Gasteiger partial charge in [-0.25, -0.2) is 4.39 Å². The maximum atomic E-state index is 13.3. The molecular weight excluding hydrogens is 411 g/mol. The number of hydrogen-bond acceptors (Lipinski definition) is 4. The molecule has 168 valence electrons. The molecule has 7 heteroatoms. The van der Waals surface area contributed by atoms with Crippen molar-refractivity contribution in [1.29, 1.82) is 0 Å². The molecule has 1 fully saturated rings. The van der Waals surface area contributed by atoms with Crippen LogP contribution in [0, 0.1) is 11.7 Å². The van der Waals surface area contributed by atoms with Crippen LogP contribution in [0.25, 0.3) is 6.08 Å². The minimum Gasteiger partial charge on any atom is -0.469 e. The Bertz CT molecular complexity index is 952. The number of benzene rings is 2. The fourth-order valence-electron chi connectivity index (χ4n) is 3.69. The number of rotatable bonds is 7. The highest BCUT2D eigenvalue weighted by atomic mass is 19.1. The lowest BCUT2D eigenvalue weighted by Crippen LogP contribution is -2.43. The van der Waals surface area contributed by atoms with Gasteiger partial charge in [-0.3, -0.25) is 14.4 Å². The zero-order valence-corrected chi connectivity index (χ0v) is 18.0. The van der Waals surface area contributed by atoms with Gasteiger partial charge in [-0.2, -0.15) is 0 Å². The maximum Gasteiger partial charge on any atom is 0.307 e. The summed E-state index contributed by atoms with van der Waals surface area (Å²) in [4.78, 5) is 38.8. The molecule has 0 aromatic heterocycles. The summed E-state index contributed by atoms with van der Waals surface area (Å²) in [5.41, 5.74) is 1.58. The highest BCUT2D eigenvalue weighted by Gasteiger charge is 2.29. The highest BCUT2D eigenvalue weighted by molar-refractivity contribution is 5.92. The van der Waals surface area contributed by atoms with E-state index < -0.39 is 17.8 Å². The standard InChI is InChI=1S/C25H27FN2O4/c1-32-24(30)17-22(19-8-10-21(26)11-9-19)27-25(31)20-13-15-28(16-14-20)23(29)12-7-18-5-3-2-4-6-18/h2-12,20,22H,13-17H2,1H3,(H,27,31)/b12-7+. The van der Waals surface area contributed by atoms with Gasteiger partial charge in [0.2, 0.25) is 11.8 Å². The Hall–Kier alpha value is -3.48. The summed E-state index contributed by atoms with van der Waals surface area (Å²) >= 11 is 0. The molecule has 0 aliphatic carbocycles. The van der Waals surface area contributed by atoms with Crippen LogP contribution >= 0.6 is 0 Å². The lowest BCUT2D eigenvalue weighted by atomic mass is 9.94. The van der Waals surface area contributed by atoms with Gasteiger partial charge in [0.25, 0.3) is 0 Å². The van der Waals surface area contributed by atoms with Crippen molar-refractivity contribution in [1.82, 2.24) is 10.2 Å². The quantitative estimate of drug-likeness (QED) is 0.530. The number of methoxy groups -OCH3 is 1. The van der Waals surface area contributed by atoms with E-state index in [0.29, 0.717) is 31.5 Å². The number of carbonyl (C=O) groups excluding carboxylic acids is 3. The van der Waals surface area contributed by atoms with Gasteiger partial charge in [0.05, 0.1) is 19.6 Å². The fraction of sp³-hybridized carbons (Fsp3) is 0.320. The smallest absolute Gasteiger partial charge is 0.307 e.